The van der Waals surface area contributed by atoms with E-state index in [9.17, 15) is 9.18 Å². The van der Waals surface area contributed by atoms with Crippen molar-refractivity contribution in [1.82, 2.24) is 10.1 Å². The first kappa shape index (κ1) is 16.6. The lowest BCUT2D eigenvalue weighted by Gasteiger charge is -2.20. The molecule has 1 aromatic carbocycles. The zero-order valence-electron chi connectivity index (χ0n) is 14.0. The lowest BCUT2D eigenvalue weighted by Crippen LogP contribution is -2.34. The highest BCUT2D eigenvalue weighted by Gasteiger charge is 2.29. The second-order valence-corrected chi connectivity index (χ2v) is 7.91. The summed E-state index contributed by atoms with van der Waals surface area (Å²) in [6.07, 6.45) is 4.68. The van der Waals surface area contributed by atoms with Gasteiger partial charge in [0.05, 0.1) is 0 Å². The Morgan fingerprint density at radius 1 is 1.24 bits per heavy atom. The number of nitrogens with zero attached hydrogens (tertiary/aromatic N) is 2. The Morgan fingerprint density at radius 2 is 2.08 bits per heavy atom. The summed E-state index contributed by atoms with van der Waals surface area (Å²) in [5, 5.41) is 4.15. The van der Waals surface area contributed by atoms with E-state index in [1.54, 1.807) is 17.8 Å². The Morgan fingerprint density at radius 3 is 2.96 bits per heavy atom. The third-order valence-electron chi connectivity index (χ3n) is 5.03. The van der Waals surface area contributed by atoms with Crippen LogP contribution in [-0.4, -0.2) is 34.8 Å². The van der Waals surface area contributed by atoms with Crippen LogP contribution >= 0.6 is 11.8 Å². The topological polar surface area (TPSA) is 46.3 Å². The van der Waals surface area contributed by atoms with Crippen molar-refractivity contribution >= 4 is 17.7 Å². The molecular weight excluding hydrogens is 339 g/mol. The van der Waals surface area contributed by atoms with Crippen molar-refractivity contribution in [3.05, 3.63) is 52.7 Å². The fraction of sp³-hybridized carbons (Fsp3) is 0.474. The number of aryl methyl sites for hydroxylation is 1. The van der Waals surface area contributed by atoms with Crippen molar-refractivity contribution in [2.45, 2.75) is 37.4 Å². The largest absolute Gasteiger partial charge is 0.360 e. The van der Waals surface area contributed by atoms with Crippen LogP contribution in [0.5, 0.6) is 0 Å². The van der Waals surface area contributed by atoms with E-state index < -0.39 is 0 Å². The molecule has 4 rings (SSSR count). The zero-order valence-corrected chi connectivity index (χ0v) is 14.9. The molecule has 1 aliphatic carbocycles. The standard InChI is InChI=1S/C19H21FN2O2S/c20-15-7-3-1-5-13(15)17-9-10-22(11-12-25-17)19(23)18-14-6-2-4-8-16(14)24-21-18/h1,3,5,7,17H,2,4,6,8-12H2. The van der Waals surface area contributed by atoms with E-state index >= 15 is 0 Å². The van der Waals surface area contributed by atoms with Gasteiger partial charge >= 0.3 is 0 Å². The molecule has 0 saturated carbocycles. The minimum atomic E-state index is -0.162. The van der Waals surface area contributed by atoms with Gasteiger partial charge in [0.1, 0.15) is 11.6 Å². The number of hydrogen-bond acceptors (Lipinski definition) is 4. The van der Waals surface area contributed by atoms with Crippen molar-refractivity contribution in [1.29, 1.82) is 0 Å². The number of thioether (sulfide) groups is 1. The van der Waals surface area contributed by atoms with Gasteiger partial charge < -0.3 is 9.42 Å². The molecule has 132 valence electrons. The van der Waals surface area contributed by atoms with Gasteiger partial charge in [0, 0.05) is 41.6 Å². The molecule has 1 aromatic heterocycles. The SMILES string of the molecule is O=C(c1noc2c1CCCC2)N1CCSC(c2ccccc2F)CC1. The Balaban J connectivity index is 1.48. The maximum Gasteiger partial charge on any atom is 0.276 e. The van der Waals surface area contributed by atoms with Crippen molar-refractivity contribution in [3.63, 3.8) is 0 Å². The maximum absolute atomic E-state index is 14.1. The Bertz CT molecular complexity index is 777. The van der Waals surface area contributed by atoms with Crippen molar-refractivity contribution in [2.24, 2.45) is 0 Å². The van der Waals surface area contributed by atoms with Crippen LogP contribution in [0.15, 0.2) is 28.8 Å². The molecule has 2 aliphatic rings. The summed E-state index contributed by atoms with van der Waals surface area (Å²) in [5.41, 5.74) is 2.23. The molecule has 1 unspecified atom stereocenters. The Kier molecular flexibility index (Phi) is 4.79. The number of fused-ring (bicyclic) bond motifs is 1. The van der Waals surface area contributed by atoms with Gasteiger partial charge in [-0.25, -0.2) is 4.39 Å². The van der Waals surface area contributed by atoms with E-state index in [0.717, 1.165) is 54.7 Å². The first-order chi connectivity index (χ1) is 12.2. The summed E-state index contributed by atoms with van der Waals surface area (Å²) in [7, 11) is 0. The molecule has 1 amide bonds. The van der Waals surface area contributed by atoms with Crippen molar-refractivity contribution < 1.29 is 13.7 Å². The summed E-state index contributed by atoms with van der Waals surface area (Å²) in [4.78, 5) is 14.8. The fourth-order valence-corrected chi connectivity index (χ4v) is 4.91. The molecule has 1 aliphatic heterocycles. The van der Waals surface area contributed by atoms with Gasteiger partial charge in [0.25, 0.3) is 5.91 Å². The van der Waals surface area contributed by atoms with Crippen LogP contribution in [-0.2, 0) is 12.8 Å². The number of hydrogen-bond donors (Lipinski definition) is 0. The molecule has 2 heterocycles. The molecule has 0 spiro atoms. The molecule has 1 atom stereocenters. The molecule has 6 heteroatoms. The summed E-state index contributed by atoms with van der Waals surface area (Å²) < 4.78 is 19.4. The number of halogens is 1. The smallest absolute Gasteiger partial charge is 0.276 e. The molecule has 0 bridgehead atoms. The van der Waals surface area contributed by atoms with E-state index in [2.05, 4.69) is 5.16 Å². The fourth-order valence-electron chi connectivity index (χ4n) is 3.66. The van der Waals surface area contributed by atoms with Gasteiger partial charge in [-0.2, -0.15) is 11.8 Å². The number of carbonyl (C=O) groups excluding carboxylic acids is 1. The molecule has 0 N–H and O–H groups in total. The second-order valence-electron chi connectivity index (χ2n) is 6.60. The van der Waals surface area contributed by atoms with Gasteiger partial charge in [-0.15, -0.1) is 0 Å². The lowest BCUT2D eigenvalue weighted by atomic mass is 9.96. The zero-order chi connectivity index (χ0) is 17.2. The minimum absolute atomic E-state index is 0.0401. The average Bonchev–Trinajstić information content (AvgIpc) is 2.91. The highest BCUT2D eigenvalue weighted by atomic mass is 32.2. The van der Waals surface area contributed by atoms with Crippen LogP contribution in [0.2, 0.25) is 0 Å². The van der Waals surface area contributed by atoms with Gasteiger partial charge in [-0.05, 0) is 31.7 Å². The van der Waals surface area contributed by atoms with E-state index in [-0.39, 0.29) is 17.0 Å². The van der Waals surface area contributed by atoms with Crippen LogP contribution in [0, 0.1) is 5.82 Å². The molecule has 4 nitrogen and oxygen atoms in total. The van der Waals surface area contributed by atoms with Crippen molar-refractivity contribution in [3.8, 4) is 0 Å². The maximum atomic E-state index is 14.1. The highest BCUT2D eigenvalue weighted by Crippen LogP contribution is 2.36. The number of carbonyl (C=O) groups is 1. The summed E-state index contributed by atoms with van der Waals surface area (Å²) in [5.74, 6) is 1.47. The molecule has 1 fully saturated rings. The van der Waals surface area contributed by atoms with Crippen LogP contribution in [0.25, 0.3) is 0 Å². The molecular formula is C19H21FN2O2S. The molecule has 1 saturated heterocycles. The third kappa shape index (κ3) is 3.32. The van der Waals surface area contributed by atoms with E-state index in [1.165, 1.54) is 6.07 Å². The third-order valence-corrected chi connectivity index (χ3v) is 6.34. The summed E-state index contributed by atoms with van der Waals surface area (Å²) >= 11 is 1.72. The lowest BCUT2D eigenvalue weighted by molar-refractivity contribution is 0.0755. The molecule has 25 heavy (non-hydrogen) atoms. The van der Waals surface area contributed by atoms with Crippen LogP contribution in [0.3, 0.4) is 0 Å². The van der Waals surface area contributed by atoms with E-state index in [0.29, 0.717) is 18.8 Å². The average molecular weight is 360 g/mol. The van der Waals surface area contributed by atoms with Gasteiger partial charge in [0.2, 0.25) is 0 Å². The number of amides is 1. The van der Waals surface area contributed by atoms with Gasteiger partial charge in [-0.3, -0.25) is 4.79 Å². The predicted octanol–water partition coefficient (Wildman–Crippen LogP) is 4.01. The van der Waals surface area contributed by atoms with Crippen molar-refractivity contribution in [2.75, 3.05) is 18.8 Å². The second kappa shape index (κ2) is 7.20. The van der Waals surface area contributed by atoms with E-state index in [1.807, 2.05) is 17.0 Å². The predicted molar refractivity (Wildman–Crippen MR) is 95.3 cm³/mol. The summed E-state index contributed by atoms with van der Waals surface area (Å²) in [6, 6.07) is 6.93. The molecule has 2 aromatic rings. The number of aromatic nitrogens is 1. The monoisotopic (exact) mass is 360 g/mol. The minimum Gasteiger partial charge on any atom is -0.360 e. The number of rotatable bonds is 2. The van der Waals surface area contributed by atoms with Crippen LogP contribution < -0.4 is 0 Å². The first-order valence-corrected chi connectivity index (χ1v) is 9.91. The van der Waals surface area contributed by atoms with E-state index in [4.69, 9.17) is 4.52 Å². The summed E-state index contributed by atoms with van der Waals surface area (Å²) in [6.45, 7) is 1.28. The Hall–Kier alpha value is -1.82. The van der Waals surface area contributed by atoms with Gasteiger partial charge in [0.15, 0.2) is 5.69 Å². The Labute approximate surface area is 150 Å². The quantitative estimate of drug-likeness (QED) is 0.812. The molecule has 0 radical (unpaired) electrons. The van der Waals surface area contributed by atoms with Crippen LogP contribution in [0.1, 0.15) is 51.9 Å². The highest BCUT2D eigenvalue weighted by molar-refractivity contribution is 7.99. The van der Waals surface area contributed by atoms with Crippen LogP contribution in [0.4, 0.5) is 4.39 Å². The first-order valence-electron chi connectivity index (χ1n) is 8.87. The number of benzene rings is 1. The normalized spacial score (nSPS) is 20.8. The van der Waals surface area contributed by atoms with Gasteiger partial charge in [-0.1, -0.05) is 23.4 Å².